The van der Waals surface area contributed by atoms with E-state index in [-0.39, 0.29) is 12.4 Å². The van der Waals surface area contributed by atoms with Crippen molar-refractivity contribution in [2.24, 2.45) is 5.92 Å². The predicted molar refractivity (Wildman–Crippen MR) is 73.4 cm³/mol. The van der Waals surface area contributed by atoms with Gasteiger partial charge < -0.3 is 14.7 Å². The largest absolute Gasteiger partial charge is 0.466 e. The Kier molecular flexibility index (Phi) is 9.98. The molecule has 0 saturated carbocycles. The van der Waals surface area contributed by atoms with Crippen LogP contribution in [0.4, 0.5) is 0 Å². The van der Waals surface area contributed by atoms with Crippen molar-refractivity contribution in [3.8, 4) is 0 Å². The third-order valence-electron chi connectivity index (χ3n) is 3.29. The highest BCUT2D eigenvalue weighted by Crippen LogP contribution is 2.10. The van der Waals surface area contributed by atoms with Crippen LogP contribution < -0.4 is 0 Å². The number of likely N-dealkylation sites (N-methyl/N-ethyl adjacent to an activating group) is 1. The number of nitrogens with zero attached hydrogens (tertiary/aromatic N) is 1. The van der Waals surface area contributed by atoms with E-state index in [4.69, 9.17) is 4.74 Å². The first-order chi connectivity index (χ1) is 8.57. The lowest BCUT2D eigenvalue weighted by Crippen LogP contribution is -2.37. The SMILES string of the molecule is CCOC(=O)CC(O)CN(CC)CC(CC)CC. The first-order valence-electron chi connectivity index (χ1n) is 7.13. The van der Waals surface area contributed by atoms with Crippen molar-refractivity contribution < 1.29 is 14.6 Å². The van der Waals surface area contributed by atoms with Crippen LogP contribution in [0.3, 0.4) is 0 Å². The highest BCUT2D eigenvalue weighted by Gasteiger charge is 2.17. The van der Waals surface area contributed by atoms with Crippen LogP contribution in [0.5, 0.6) is 0 Å². The molecule has 1 N–H and O–H groups in total. The van der Waals surface area contributed by atoms with Crippen molar-refractivity contribution in [2.75, 3.05) is 26.2 Å². The average Bonchev–Trinajstić information content (AvgIpc) is 2.34. The van der Waals surface area contributed by atoms with E-state index in [1.807, 2.05) is 0 Å². The molecule has 0 heterocycles. The summed E-state index contributed by atoms with van der Waals surface area (Å²) in [4.78, 5) is 13.5. The number of carbonyl (C=O) groups excluding carboxylic acids is 1. The molecule has 0 bridgehead atoms. The lowest BCUT2D eigenvalue weighted by Gasteiger charge is -2.27. The number of hydrogen-bond acceptors (Lipinski definition) is 4. The summed E-state index contributed by atoms with van der Waals surface area (Å²) in [5.74, 6) is 0.350. The van der Waals surface area contributed by atoms with Gasteiger partial charge in [-0.15, -0.1) is 0 Å². The van der Waals surface area contributed by atoms with E-state index in [0.717, 1.165) is 25.9 Å². The zero-order valence-electron chi connectivity index (χ0n) is 12.3. The molecule has 108 valence electrons. The third kappa shape index (κ3) is 7.67. The lowest BCUT2D eigenvalue weighted by molar-refractivity contribution is -0.145. The lowest BCUT2D eigenvalue weighted by atomic mass is 10.0. The molecule has 0 aliphatic heterocycles. The highest BCUT2D eigenvalue weighted by molar-refractivity contribution is 5.69. The van der Waals surface area contributed by atoms with Gasteiger partial charge in [0.1, 0.15) is 0 Å². The smallest absolute Gasteiger partial charge is 0.308 e. The number of aliphatic hydroxyl groups excluding tert-OH is 1. The Morgan fingerprint density at radius 3 is 2.22 bits per heavy atom. The van der Waals surface area contributed by atoms with Crippen LogP contribution in [0, 0.1) is 5.92 Å². The van der Waals surface area contributed by atoms with Crippen LogP contribution in [0.1, 0.15) is 47.0 Å². The van der Waals surface area contributed by atoms with E-state index in [1.54, 1.807) is 6.92 Å². The maximum absolute atomic E-state index is 11.3. The number of hydrogen-bond donors (Lipinski definition) is 1. The standard InChI is InChI=1S/C14H29NO3/c1-5-12(6-2)10-15(7-3)11-13(16)9-14(17)18-8-4/h12-13,16H,5-11H2,1-4H3. The fourth-order valence-electron chi connectivity index (χ4n) is 2.02. The summed E-state index contributed by atoms with van der Waals surface area (Å²) < 4.78 is 4.83. The molecule has 0 rings (SSSR count). The Balaban J connectivity index is 4.06. The predicted octanol–water partition coefficient (Wildman–Crippen LogP) is 2.06. The summed E-state index contributed by atoms with van der Waals surface area (Å²) >= 11 is 0. The maximum Gasteiger partial charge on any atom is 0.308 e. The van der Waals surface area contributed by atoms with Crippen LogP contribution >= 0.6 is 0 Å². The minimum Gasteiger partial charge on any atom is -0.466 e. The van der Waals surface area contributed by atoms with Crippen molar-refractivity contribution in [3.63, 3.8) is 0 Å². The second-order valence-corrected chi connectivity index (χ2v) is 4.70. The number of ether oxygens (including phenoxy) is 1. The van der Waals surface area contributed by atoms with E-state index in [0.29, 0.717) is 19.1 Å². The van der Waals surface area contributed by atoms with Gasteiger partial charge >= 0.3 is 5.97 Å². The molecule has 0 aliphatic carbocycles. The molecule has 0 amide bonds. The number of rotatable bonds is 10. The second-order valence-electron chi connectivity index (χ2n) is 4.70. The highest BCUT2D eigenvalue weighted by atomic mass is 16.5. The zero-order valence-corrected chi connectivity index (χ0v) is 12.3. The van der Waals surface area contributed by atoms with Crippen molar-refractivity contribution in [3.05, 3.63) is 0 Å². The van der Waals surface area contributed by atoms with E-state index >= 15 is 0 Å². The Bertz CT molecular complexity index is 217. The second kappa shape index (κ2) is 10.3. The van der Waals surface area contributed by atoms with E-state index in [1.165, 1.54) is 0 Å². The fraction of sp³-hybridized carbons (Fsp3) is 0.929. The van der Waals surface area contributed by atoms with E-state index in [2.05, 4.69) is 25.7 Å². The summed E-state index contributed by atoms with van der Waals surface area (Å²) in [6, 6.07) is 0. The van der Waals surface area contributed by atoms with Gasteiger partial charge in [0.2, 0.25) is 0 Å². The van der Waals surface area contributed by atoms with Crippen LogP contribution in [-0.2, 0) is 9.53 Å². The molecule has 0 fully saturated rings. The third-order valence-corrected chi connectivity index (χ3v) is 3.29. The fourth-order valence-corrected chi connectivity index (χ4v) is 2.02. The monoisotopic (exact) mass is 259 g/mol. The van der Waals surface area contributed by atoms with E-state index in [9.17, 15) is 9.90 Å². The summed E-state index contributed by atoms with van der Waals surface area (Å²) in [7, 11) is 0. The molecule has 4 nitrogen and oxygen atoms in total. The molecule has 4 heteroatoms. The molecule has 0 aromatic heterocycles. The molecule has 0 aromatic carbocycles. The molecule has 0 spiro atoms. The average molecular weight is 259 g/mol. The van der Waals surface area contributed by atoms with Crippen molar-refractivity contribution in [1.82, 2.24) is 4.90 Å². The molecular weight excluding hydrogens is 230 g/mol. The number of carbonyl (C=O) groups is 1. The van der Waals surface area contributed by atoms with Gasteiger partial charge in [0.15, 0.2) is 0 Å². The molecule has 0 aromatic rings. The minimum atomic E-state index is -0.627. The van der Waals surface area contributed by atoms with Crippen molar-refractivity contribution >= 4 is 5.97 Å². The van der Waals surface area contributed by atoms with Gasteiger partial charge in [0.25, 0.3) is 0 Å². The normalized spacial score (nSPS) is 13.1. The number of aliphatic hydroxyl groups is 1. The maximum atomic E-state index is 11.3. The van der Waals surface area contributed by atoms with Gasteiger partial charge in [-0.25, -0.2) is 0 Å². The summed E-state index contributed by atoms with van der Waals surface area (Å²) in [6.07, 6.45) is 1.77. The van der Waals surface area contributed by atoms with Gasteiger partial charge in [-0.2, -0.15) is 0 Å². The summed E-state index contributed by atoms with van der Waals surface area (Å²) in [6.45, 7) is 11.0. The van der Waals surface area contributed by atoms with Crippen molar-refractivity contribution in [2.45, 2.75) is 53.1 Å². The Labute approximate surface area is 111 Å². The van der Waals surface area contributed by atoms with Gasteiger partial charge in [-0.3, -0.25) is 4.79 Å². The molecule has 0 saturated heterocycles. The first kappa shape index (κ1) is 17.4. The van der Waals surface area contributed by atoms with Crippen molar-refractivity contribution in [1.29, 1.82) is 0 Å². The Morgan fingerprint density at radius 1 is 1.17 bits per heavy atom. The summed E-state index contributed by atoms with van der Waals surface area (Å²) in [5.41, 5.74) is 0. The minimum absolute atomic E-state index is 0.0905. The quantitative estimate of drug-likeness (QED) is 0.610. The molecule has 1 atom stereocenters. The van der Waals surface area contributed by atoms with Gasteiger partial charge in [0.05, 0.1) is 19.1 Å². The van der Waals surface area contributed by atoms with Crippen LogP contribution in [-0.4, -0.2) is 48.3 Å². The Hall–Kier alpha value is -0.610. The molecule has 0 aliphatic rings. The molecule has 0 radical (unpaired) electrons. The van der Waals surface area contributed by atoms with Gasteiger partial charge in [0, 0.05) is 13.1 Å². The van der Waals surface area contributed by atoms with E-state index < -0.39 is 6.10 Å². The zero-order chi connectivity index (χ0) is 14.0. The Morgan fingerprint density at radius 2 is 1.78 bits per heavy atom. The summed E-state index contributed by atoms with van der Waals surface area (Å²) in [5, 5.41) is 9.86. The molecular formula is C14H29NO3. The van der Waals surface area contributed by atoms with Crippen LogP contribution in [0.2, 0.25) is 0 Å². The first-order valence-corrected chi connectivity index (χ1v) is 7.13. The van der Waals surface area contributed by atoms with Crippen LogP contribution in [0.15, 0.2) is 0 Å². The van der Waals surface area contributed by atoms with Gasteiger partial charge in [-0.1, -0.05) is 33.6 Å². The molecule has 18 heavy (non-hydrogen) atoms. The topological polar surface area (TPSA) is 49.8 Å². The molecule has 1 unspecified atom stereocenters. The van der Waals surface area contributed by atoms with Gasteiger partial charge in [-0.05, 0) is 19.4 Å². The van der Waals surface area contributed by atoms with Crippen LogP contribution in [0.25, 0.3) is 0 Å². The number of esters is 1.